The summed E-state index contributed by atoms with van der Waals surface area (Å²) in [6.07, 6.45) is 0. The third-order valence-corrected chi connectivity index (χ3v) is 2.25. The second-order valence-electron chi connectivity index (χ2n) is 0.556. The van der Waals surface area contributed by atoms with E-state index in [1.807, 2.05) is 0 Å². The Bertz CT molecular complexity index is 28.4. The highest BCUT2D eigenvalue weighted by Crippen LogP contribution is 1.78. The van der Waals surface area contributed by atoms with Crippen molar-refractivity contribution in [2.75, 3.05) is 0 Å². The average molecular weight is 160 g/mol. The first kappa shape index (κ1) is 7.75. The van der Waals surface area contributed by atoms with Gasteiger partial charge in [0.1, 0.15) is 0 Å². The SMILES string of the molecule is [Si]O[Si](O[Si])O[Si]. The van der Waals surface area contributed by atoms with Crippen molar-refractivity contribution in [2.45, 2.75) is 0 Å². The van der Waals surface area contributed by atoms with E-state index in [-0.39, 0.29) is 0 Å². The fraction of sp³-hybridized carbons (Fsp3) is 0. The van der Waals surface area contributed by atoms with Crippen LogP contribution in [0, 0.1) is 0 Å². The van der Waals surface area contributed by atoms with Crippen LogP contribution in [0.5, 0.6) is 0 Å². The molecule has 7 heavy (non-hydrogen) atoms. The quantitative estimate of drug-likeness (QED) is 0.459. The molecular weight excluding hydrogens is 160 g/mol. The minimum atomic E-state index is -1.62. The van der Waals surface area contributed by atoms with Crippen LogP contribution in [0.3, 0.4) is 0 Å². The van der Waals surface area contributed by atoms with Gasteiger partial charge in [0.05, 0.1) is 0 Å². The van der Waals surface area contributed by atoms with Gasteiger partial charge in [-0.15, -0.1) is 0 Å². The Kier molecular flexibility index (Phi) is 5.42. The summed E-state index contributed by atoms with van der Waals surface area (Å²) in [6, 6.07) is 0. The van der Waals surface area contributed by atoms with Crippen molar-refractivity contribution in [3.05, 3.63) is 0 Å². The van der Waals surface area contributed by atoms with Crippen LogP contribution in [-0.4, -0.2) is 41.0 Å². The van der Waals surface area contributed by atoms with Gasteiger partial charge < -0.3 is 12.3 Å². The van der Waals surface area contributed by atoms with E-state index in [1.165, 1.54) is 0 Å². The second-order valence-corrected chi connectivity index (χ2v) is 3.51. The molecule has 0 saturated carbocycles. The molecule has 3 nitrogen and oxygen atoms in total. The molecule has 0 aliphatic rings. The van der Waals surface area contributed by atoms with Crippen LogP contribution in [0.15, 0.2) is 0 Å². The second kappa shape index (κ2) is 4.90. The number of hydrogen-bond acceptors (Lipinski definition) is 3. The zero-order valence-electron chi connectivity index (χ0n) is 3.22. The summed E-state index contributed by atoms with van der Waals surface area (Å²) in [7, 11) is 6.52. The molecule has 0 unspecified atom stereocenters. The van der Waals surface area contributed by atoms with Gasteiger partial charge in [0.15, 0.2) is 0 Å². The van der Waals surface area contributed by atoms with Crippen molar-refractivity contribution in [1.82, 2.24) is 0 Å². The molecule has 0 amide bonds. The van der Waals surface area contributed by atoms with Crippen molar-refractivity contribution in [1.29, 1.82) is 0 Å². The third-order valence-electron chi connectivity index (χ3n) is 0.250. The van der Waals surface area contributed by atoms with E-state index in [2.05, 4.69) is 43.8 Å². The molecule has 0 aromatic carbocycles. The van der Waals surface area contributed by atoms with Gasteiger partial charge in [0, 0.05) is 0 Å². The van der Waals surface area contributed by atoms with E-state index in [9.17, 15) is 0 Å². The van der Waals surface area contributed by atoms with Crippen LogP contribution in [0.25, 0.3) is 0 Å². The molecular formula is O3Si4. The molecule has 0 heterocycles. The zero-order chi connectivity index (χ0) is 5.70. The molecule has 10 radical (unpaired) electrons. The van der Waals surface area contributed by atoms with Gasteiger partial charge in [-0.05, 0) is 0 Å². The standard InChI is InChI=1S/O3Si4/c4-1-7(2-5)3-6. The van der Waals surface area contributed by atoms with Gasteiger partial charge in [0.25, 0.3) is 0 Å². The van der Waals surface area contributed by atoms with Crippen LogP contribution in [0.2, 0.25) is 0 Å². The minimum absolute atomic E-state index is 1.62. The summed E-state index contributed by atoms with van der Waals surface area (Å²) in [4.78, 5) is 0. The van der Waals surface area contributed by atoms with Crippen LogP contribution >= 0.6 is 0 Å². The smallest absolute Gasteiger partial charge is 0.414 e. The molecule has 0 aromatic heterocycles. The maximum absolute atomic E-state index is 4.41. The summed E-state index contributed by atoms with van der Waals surface area (Å²) in [5.74, 6) is 0. The Hall–Kier alpha value is 0.748. The van der Waals surface area contributed by atoms with Gasteiger partial charge in [-0.2, -0.15) is 0 Å². The Morgan fingerprint density at radius 3 is 1.14 bits per heavy atom. The van der Waals surface area contributed by atoms with E-state index in [0.717, 1.165) is 0 Å². The highest BCUT2D eigenvalue weighted by molar-refractivity contribution is 6.50. The predicted octanol–water partition coefficient (Wildman–Crippen LogP) is -1.73. The molecule has 0 saturated heterocycles. The van der Waals surface area contributed by atoms with E-state index in [0.29, 0.717) is 0 Å². The van der Waals surface area contributed by atoms with Crippen LogP contribution in [0.4, 0.5) is 0 Å². The summed E-state index contributed by atoms with van der Waals surface area (Å²) >= 11 is 0. The fourth-order valence-electron chi connectivity index (χ4n) is 0.0625. The molecule has 0 fully saturated rings. The Balaban J connectivity index is 2.99. The molecule has 7 heteroatoms. The first-order valence-electron chi connectivity index (χ1n) is 1.22. The number of rotatable bonds is 3. The van der Waals surface area contributed by atoms with Crippen molar-refractivity contribution < 1.29 is 12.3 Å². The van der Waals surface area contributed by atoms with Gasteiger partial charge in [-0.3, -0.25) is 0 Å². The average Bonchev–Trinajstić information content (AvgIpc) is 1.72. The Labute approximate surface area is 53.9 Å². The number of hydrogen-bond donors (Lipinski definition) is 0. The first-order chi connectivity index (χ1) is 3.35. The van der Waals surface area contributed by atoms with Crippen molar-refractivity contribution in [2.24, 2.45) is 0 Å². The van der Waals surface area contributed by atoms with Crippen LogP contribution in [0.1, 0.15) is 0 Å². The van der Waals surface area contributed by atoms with Crippen LogP contribution < -0.4 is 0 Å². The molecule has 0 aromatic rings. The lowest BCUT2D eigenvalue weighted by Crippen LogP contribution is -2.23. The normalized spacial score (nSPS) is 10.3. The largest absolute Gasteiger partial charge is 0.543 e. The van der Waals surface area contributed by atoms with Gasteiger partial charge in [0.2, 0.25) is 31.5 Å². The van der Waals surface area contributed by atoms with Crippen molar-refractivity contribution in [3.63, 3.8) is 0 Å². The lowest BCUT2D eigenvalue weighted by Gasteiger charge is -2.02. The summed E-state index contributed by atoms with van der Waals surface area (Å²) in [6.45, 7) is 0. The minimum Gasteiger partial charge on any atom is -0.414 e. The zero-order valence-corrected chi connectivity index (χ0v) is 7.22. The first-order valence-corrected chi connectivity index (χ1v) is 3.67. The van der Waals surface area contributed by atoms with E-state index in [1.54, 1.807) is 0 Å². The molecule has 0 aliphatic heterocycles. The maximum Gasteiger partial charge on any atom is 0.543 e. The van der Waals surface area contributed by atoms with Gasteiger partial charge in [-0.1, -0.05) is 0 Å². The van der Waals surface area contributed by atoms with Gasteiger partial charge >= 0.3 is 9.53 Å². The summed E-state index contributed by atoms with van der Waals surface area (Å²) in [5.41, 5.74) is 0. The Morgan fingerprint density at radius 2 is 1.14 bits per heavy atom. The van der Waals surface area contributed by atoms with E-state index < -0.39 is 9.53 Å². The highest BCUT2D eigenvalue weighted by atomic mass is 28.4. The maximum atomic E-state index is 4.41. The lowest BCUT2D eigenvalue weighted by molar-refractivity contribution is 0.347. The third kappa shape index (κ3) is 3.34. The van der Waals surface area contributed by atoms with Crippen molar-refractivity contribution in [3.8, 4) is 0 Å². The lowest BCUT2D eigenvalue weighted by atomic mass is 15.7. The molecule has 34 valence electrons. The monoisotopic (exact) mass is 160 g/mol. The van der Waals surface area contributed by atoms with Gasteiger partial charge in [-0.25, -0.2) is 0 Å². The van der Waals surface area contributed by atoms with Crippen LogP contribution in [-0.2, 0) is 12.3 Å². The molecule has 0 aliphatic carbocycles. The van der Waals surface area contributed by atoms with E-state index >= 15 is 0 Å². The molecule has 0 N–H and O–H groups in total. The van der Waals surface area contributed by atoms with E-state index in [4.69, 9.17) is 0 Å². The predicted molar refractivity (Wildman–Crippen MR) is 26.3 cm³/mol. The van der Waals surface area contributed by atoms with Crippen molar-refractivity contribution >= 4 is 41.0 Å². The summed E-state index contributed by atoms with van der Waals surface area (Å²) < 4.78 is 13.2. The fourth-order valence-corrected chi connectivity index (χ4v) is 1.69. The topological polar surface area (TPSA) is 27.7 Å². The molecule has 0 rings (SSSR count). The molecule has 0 bridgehead atoms. The molecule has 0 atom stereocenters. The highest BCUT2D eigenvalue weighted by Gasteiger charge is 2.08. The summed E-state index contributed by atoms with van der Waals surface area (Å²) in [5, 5.41) is 0. The Morgan fingerprint density at radius 1 is 0.857 bits per heavy atom. The molecule has 0 spiro atoms.